The summed E-state index contributed by atoms with van der Waals surface area (Å²) in [5.41, 5.74) is 1.80. The first-order valence-corrected chi connectivity index (χ1v) is 23.1. The number of rotatable bonds is 12. The third-order valence-corrected chi connectivity index (χ3v) is 18.5. The maximum Gasteiger partial charge on any atom is 0.337 e. The predicted octanol–water partition coefficient (Wildman–Crippen LogP) is 7.24. The van der Waals surface area contributed by atoms with Gasteiger partial charge in [0.2, 0.25) is 0 Å². The molecular weight excluding hydrogens is 723 g/mol. The summed E-state index contributed by atoms with van der Waals surface area (Å²) < 4.78 is 35.0. The van der Waals surface area contributed by atoms with Gasteiger partial charge in [-0.25, -0.2) is 18.2 Å². The van der Waals surface area contributed by atoms with Crippen molar-refractivity contribution in [2.24, 2.45) is 50.3 Å². The average Bonchev–Trinajstić information content (AvgIpc) is 3.14. The van der Waals surface area contributed by atoms with Crippen molar-refractivity contribution in [3.63, 3.8) is 0 Å². The van der Waals surface area contributed by atoms with E-state index in [-0.39, 0.29) is 57.2 Å². The van der Waals surface area contributed by atoms with E-state index in [0.29, 0.717) is 36.4 Å². The van der Waals surface area contributed by atoms with Gasteiger partial charge in [0.1, 0.15) is 5.60 Å². The third kappa shape index (κ3) is 7.21. The largest absolute Gasteiger partial charge is 0.465 e. The maximum absolute atomic E-state index is 12.3. The molecule has 10 atom stereocenters. The molecule has 9 nitrogen and oxygen atoms in total. The molecule has 3 saturated carbocycles. The van der Waals surface area contributed by atoms with Crippen molar-refractivity contribution < 1.29 is 27.8 Å². The Hall–Kier alpha value is -2.33. The van der Waals surface area contributed by atoms with Crippen LogP contribution in [0.5, 0.6) is 0 Å². The van der Waals surface area contributed by atoms with Crippen LogP contribution in [0.4, 0.5) is 0 Å². The summed E-state index contributed by atoms with van der Waals surface area (Å²) in [6.07, 6.45) is 11.0. The zero-order valence-electron chi connectivity index (χ0n) is 35.9. The number of esters is 1. The Morgan fingerprint density at radius 1 is 1.04 bits per heavy atom. The highest BCUT2D eigenvalue weighted by Crippen LogP contribution is 2.75. The lowest BCUT2D eigenvalue weighted by Gasteiger charge is -2.73. The Labute approximate surface area is 338 Å². The summed E-state index contributed by atoms with van der Waals surface area (Å²) in [5.74, 6) is 4.39. The van der Waals surface area contributed by atoms with E-state index in [4.69, 9.17) is 14.5 Å². The minimum absolute atomic E-state index is 0.00604. The number of sulfone groups is 1. The fraction of sp³-hybridized carbons (Fsp3) is 0.761. The molecule has 0 amide bonds. The molecule has 0 bridgehead atoms. The highest BCUT2D eigenvalue weighted by atomic mass is 32.2. The molecule has 4 fully saturated rings. The minimum Gasteiger partial charge on any atom is -0.465 e. The first kappa shape index (κ1) is 43.3. The molecule has 10 unspecified atom stereocenters. The Balaban J connectivity index is 1.34. The van der Waals surface area contributed by atoms with Crippen molar-refractivity contribution in [1.82, 2.24) is 10.2 Å². The number of carbonyl (C=O) groups is 1. The molecule has 312 valence electrons. The van der Waals surface area contributed by atoms with Crippen LogP contribution in [0.15, 0.2) is 41.9 Å². The van der Waals surface area contributed by atoms with E-state index in [1.807, 2.05) is 19.1 Å². The van der Waals surface area contributed by atoms with Crippen LogP contribution in [0.2, 0.25) is 0 Å². The van der Waals surface area contributed by atoms with Crippen molar-refractivity contribution in [1.29, 1.82) is 0 Å². The topological polar surface area (TPSA) is 118 Å². The summed E-state index contributed by atoms with van der Waals surface area (Å²) in [6, 6.07) is 7.51. The van der Waals surface area contributed by atoms with Crippen molar-refractivity contribution in [2.75, 3.05) is 58.5 Å². The van der Waals surface area contributed by atoms with Gasteiger partial charge in [0.15, 0.2) is 9.84 Å². The molecule has 10 heteroatoms. The maximum atomic E-state index is 12.3. The molecule has 4 aliphatic carbocycles. The molecule has 2 N–H and O–H groups in total. The average molecular weight is 794 g/mol. The minimum atomic E-state index is -2.95. The fourth-order valence-electron chi connectivity index (χ4n) is 13.8. The predicted molar refractivity (Wildman–Crippen MR) is 226 cm³/mol. The molecule has 56 heavy (non-hydrogen) atoms. The zero-order valence-corrected chi connectivity index (χ0v) is 36.7. The lowest BCUT2D eigenvalue weighted by Crippen LogP contribution is -2.71. The van der Waals surface area contributed by atoms with Gasteiger partial charge in [0.05, 0.1) is 36.8 Å². The van der Waals surface area contributed by atoms with E-state index in [1.165, 1.54) is 18.2 Å². The van der Waals surface area contributed by atoms with Gasteiger partial charge in [-0.2, -0.15) is 0 Å². The number of benzene rings is 1. The van der Waals surface area contributed by atoms with Crippen LogP contribution in [0.1, 0.15) is 116 Å². The smallest absolute Gasteiger partial charge is 0.337 e. The van der Waals surface area contributed by atoms with Crippen molar-refractivity contribution in [3.8, 4) is 0 Å². The van der Waals surface area contributed by atoms with Gasteiger partial charge >= 0.3 is 5.97 Å². The lowest BCUT2D eigenvalue weighted by atomic mass is 9.32. The number of ether oxygens (including phenoxy) is 2. The summed E-state index contributed by atoms with van der Waals surface area (Å²) in [7, 11) is 0.125. The molecular formula is C46H71N3O6S. The molecule has 0 spiro atoms. The SMILES string of the molecule is C=C=NC(C1C2CCC3C4(C)CC=C(c5ccc(C(=O)OC)cc5)C(C)(C)C4CCC3(C)C2(C)CCC1(CC)NCCN1CCS(=O)(=O)CC1)C(C)(O)COC. The van der Waals surface area contributed by atoms with Gasteiger partial charge < -0.3 is 24.8 Å². The highest BCUT2D eigenvalue weighted by Gasteiger charge is 2.70. The first-order valence-electron chi connectivity index (χ1n) is 21.3. The van der Waals surface area contributed by atoms with Crippen LogP contribution >= 0.6 is 0 Å². The van der Waals surface area contributed by atoms with E-state index >= 15 is 0 Å². The molecule has 1 saturated heterocycles. The van der Waals surface area contributed by atoms with Gasteiger partial charge in [-0.3, -0.25) is 0 Å². The standard InChI is InChI=1S/C46H71N3O6S/c1-11-46(48-25-26-49-27-29-56(52,53)30-28-49)24-23-43(6)35(38(46)39(47-12-2)45(8,51)31-54-9)17-18-37-42(5)21-19-34(32-13-15-33(16-14-32)40(50)55-10)41(3,4)36(42)20-22-44(37,43)7/h13-16,19,35-39,48,51H,2,11,17-18,20-31H2,1,3-10H3. The van der Waals surface area contributed by atoms with Gasteiger partial charge in [0.25, 0.3) is 0 Å². The fourth-order valence-corrected chi connectivity index (χ4v) is 15.1. The van der Waals surface area contributed by atoms with Crippen LogP contribution in [0.3, 0.4) is 0 Å². The van der Waals surface area contributed by atoms with Gasteiger partial charge in [0, 0.05) is 44.7 Å². The van der Waals surface area contributed by atoms with Crippen LogP contribution in [0.25, 0.3) is 5.57 Å². The number of carbonyl (C=O) groups excluding carboxylic acids is 1. The molecule has 0 aromatic heterocycles. The number of methoxy groups -OCH3 is 2. The summed E-state index contributed by atoms with van der Waals surface area (Å²) >= 11 is 0. The van der Waals surface area contributed by atoms with E-state index in [1.54, 1.807) is 7.11 Å². The molecule has 5 aliphatic rings. The van der Waals surface area contributed by atoms with Gasteiger partial charge in [-0.05, 0) is 133 Å². The molecule has 0 radical (unpaired) electrons. The normalized spacial score (nSPS) is 38.0. The van der Waals surface area contributed by atoms with E-state index in [9.17, 15) is 18.3 Å². The van der Waals surface area contributed by atoms with Crippen molar-refractivity contribution in [3.05, 3.63) is 48.0 Å². The Kier molecular flexibility index (Phi) is 12.1. The Morgan fingerprint density at radius 3 is 2.32 bits per heavy atom. The van der Waals surface area contributed by atoms with E-state index < -0.39 is 21.5 Å². The Morgan fingerprint density at radius 2 is 1.71 bits per heavy atom. The molecule has 1 aromatic carbocycles. The van der Waals surface area contributed by atoms with Gasteiger partial charge in [-0.15, -0.1) is 0 Å². The lowest BCUT2D eigenvalue weighted by molar-refractivity contribution is -0.228. The van der Waals surface area contributed by atoms with E-state index in [0.717, 1.165) is 64.5 Å². The summed E-state index contributed by atoms with van der Waals surface area (Å²) in [5, 5.41) is 16.4. The van der Waals surface area contributed by atoms with Crippen LogP contribution in [-0.4, -0.2) is 106 Å². The van der Waals surface area contributed by atoms with Crippen LogP contribution in [-0.2, 0) is 19.3 Å². The Bertz CT molecular complexity index is 1790. The third-order valence-electron chi connectivity index (χ3n) is 16.9. The van der Waals surface area contributed by atoms with E-state index in [2.05, 4.69) is 82.4 Å². The second kappa shape index (κ2) is 15.7. The first-order chi connectivity index (χ1) is 26.3. The number of hydrogen-bond acceptors (Lipinski definition) is 9. The number of aliphatic hydroxyl groups is 1. The molecule has 6 rings (SSSR count). The summed E-state index contributed by atoms with van der Waals surface area (Å²) in [4.78, 5) is 19.4. The number of hydrogen-bond donors (Lipinski definition) is 2. The second-order valence-corrected chi connectivity index (χ2v) is 22.1. The number of nitrogens with zero attached hydrogens (tertiary/aromatic N) is 2. The quantitative estimate of drug-likeness (QED) is 0.168. The molecule has 1 aromatic rings. The number of nitrogens with one attached hydrogen (secondary N) is 1. The monoisotopic (exact) mass is 794 g/mol. The van der Waals surface area contributed by atoms with Crippen molar-refractivity contribution in [2.45, 2.75) is 117 Å². The number of allylic oxidation sites excluding steroid dienone is 2. The highest BCUT2D eigenvalue weighted by molar-refractivity contribution is 7.91. The second-order valence-electron chi connectivity index (χ2n) is 19.8. The molecule has 1 aliphatic heterocycles. The zero-order chi connectivity index (χ0) is 41.0. The number of aliphatic imine (C=N–C) groups is 1. The van der Waals surface area contributed by atoms with Gasteiger partial charge in [-0.1, -0.05) is 59.8 Å². The number of fused-ring (bicyclic) bond motifs is 5. The summed E-state index contributed by atoms with van der Waals surface area (Å²) in [6.45, 7) is 23.7. The van der Waals surface area contributed by atoms with Crippen LogP contribution in [0, 0.1) is 45.3 Å². The molecule has 1 heterocycles. The van der Waals surface area contributed by atoms with Crippen LogP contribution < -0.4 is 5.32 Å². The van der Waals surface area contributed by atoms with Crippen molar-refractivity contribution >= 4 is 27.2 Å².